The third-order valence-electron chi connectivity index (χ3n) is 5.33. The average Bonchev–Trinajstić information content (AvgIpc) is 2.75. The van der Waals surface area contributed by atoms with E-state index in [1.807, 2.05) is 0 Å². The van der Waals surface area contributed by atoms with Crippen molar-refractivity contribution in [2.24, 2.45) is 0 Å². The average molecular weight is 279 g/mol. The van der Waals surface area contributed by atoms with Crippen molar-refractivity contribution in [2.75, 3.05) is 26.2 Å². The molecule has 3 aliphatic rings. The number of piperazine rings is 1. The van der Waals surface area contributed by atoms with Crippen molar-refractivity contribution >= 4 is 5.91 Å². The Morgan fingerprint density at radius 2 is 1.90 bits per heavy atom. The van der Waals surface area contributed by atoms with Gasteiger partial charge < -0.3 is 10.2 Å². The molecule has 3 saturated heterocycles. The minimum Gasteiger partial charge on any atom is -0.336 e. The molecule has 3 unspecified atom stereocenters. The number of amides is 1. The topological polar surface area (TPSA) is 35.6 Å². The molecule has 0 saturated carbocycles. The fourth-order valence-corrected chi connectivity index (χ4v) is 4.10. The van der Waals surface area contributed by atoms with Gasteiger partial charge in [-0.1, -0.05) is 19.3 Å². The van der Waals surface area contributed by atoms with Gasteiger partial charge in [-0.3, -0.25) is 9.69 Å². The van der Waals surface area contributed by atoms with Crippen LogP contribution in [0.15, 0.2) is 0 Å². The molecule has 0 spiro atoms. The molecule has 3 heterocycles. The van der Waals surface area contributed by atoms with Crippen molar-refractivity contribution in [3.63, 3.8) is 0 Å². The van der Waals surface area contributed by atoms with Crippen LogP contribution in [0.2, 0.25) is 0 Å². The Hall–Kier alpha value is -0.610. The second-order valence-corrected chi connectivity index (χ2v) is 6.84. The summed E-state index contributed by atoms with van der Waals surface area (Å²) in [6.45, 7) is 6.49. The molecule has 0 aromatic heterocycles. The van der Waals surface area contributed by atoms with Gasteiger partial charge in [0.05, 0.1) is 6.04 Å². The summed E-state index contributed by atoms with van der Waals surface area (Å²) in [5.41, 5.74) is 0. The van der Waals surface area contributed by atoms with Crippen molar-refractivity contribution in [1.82, 2.24) is 15.1 Å². The zero-order chi connectivity index (χ0) is 13.9. The summed E-state index contributed by atoms with van der Waals surface area (Å²) < 4.78 is 0. The molecule has 1 N–H and O–H groups in total. The van der Waals surface area contributed by atoms with Crippen molar-refractivity contribution in [1.29, 1.82) is 0 Å². The summed E-state index contributed by atoms with van der Waals surface area (Å²) in [4.78, 5) is 17.6. The van der Waals surface area contributed by atoms with Crippen LogP contribution >= 0.6 is 0 Å². The summed E-state index contributed by atoms with van der Waals surface area (Å²) in [5, 5.41) is 3.47. The molecule has 0 radical (unpaired) electrons. The smallest absolute Gasteiger partial charge is 0.240 e. The van der Waals surface area contributed by atoms with Gasteiger partial charge in [0.25, 0.3) is 0 Å². The second-order valence-electron chi connectivity index (χ2n) is 6.84. The minimum atomic E-state index is 0.0788. The zero-order valence-corrected chi connectivity index (χ0v) is 12.8. The number of carbonyl (C=O) groups excluding carboxylic acids is 1. The Bertz CT molecular complexity index is 339. The van der Waals surface area contributed by atoms with Gasteiger partial charge in [0.15, 0.2) is 0 Å². The minimum absolute atomic E-state index is 0.0788. The quantitative estimate of drug-likeness (QED) is 0.792. The van der Waals surface area contributed by atoms with E-state index < -0.39 is 0 Å². The van der Waals surface area contributed by atoms with Gasteiger partial charge in [-0.05, 0) is 45.7 Å². The number of nitrogens with zero attached hydrogens (tertiary/aromatic N) is 2. The molecule has 1 amide bonds. The molecule has 3 aliphatic heterocycles. The van der Waals surface area contributed by atoms with Gasteiger partial charge in [-0.15, -0.1) is 0 Å². The Morgan fingerprint density at radius 1 is 1.05 bits per heavy atom. The first kappa shape index (κ1) is 14.3. The van der Waals surface area contributed by atoms with Crippen LogP contribution in [0.4, 0.5) is 0 Å². The van der Waals surface area contributed by atoms with Gasteiger partial charge in [-0.25, -0.2) is 0 Å². The second kappa shape index (κ2) is 6.44. The summed E-state index contributed by atoms with van der Waals surface area (Å²) in [6.07, 6.45) is 8.64. The molecule has 0 bridgehead atoms. The number of nitrogens with one attached hydrogen (secondary N) is 1. The van der Waals surface area contributed by atoms with E-state index in [1.165, 1.54) is 45.1 Å². The highest BCUT2D eigenvalue weighted by molar-refractivity contribution is 5.82. The van der Waals surface area contributed by atoms with Crippen molar-refractivity contribution < 1.29 is 4.79 Å². The van der Waals surface area contributed by atoms with E-state index in [1.54, 1.807) is 0 Å². The third-order valence-corrected chi connectivity index (χ3v) is 5.33. The molecular weight excluding hydrogens is 250 g/mol. The lowest BCUT2D eigenvalue weighted by Gasteiger charge is -2.48. The monoisotopic (exact) mass is 279 g/mol. The van der Waals surface area contributed by atoms with Crippen LogP contribution in [-0.4, -0.2) is 60.0 Å². The molecule has 4 heteroatoms. The molecule has 114 valence electrons. The van der Waals surface area contributed by atoms with Crippen LogP contribution in [0.25, 0.3) is 0 Å². The van der Waals surface area contributed by atoms with Crippen molar-refractivity contribution in [3.05, 3.63) is 0 Å². The molecule has 3 atom stereocenters. The first-order chi connectivity index (χ1) is 9.75. The number of hydrogen-bond acceptors (Lipinski definition) is 3. The van der Waals surface area contributed by atoms with E-state index >= 15 is 0 Å². The number of fused-ring (bicyclic) bond motifs is 1. The number of hydrogen-bond donors (Lipinski definition) is 1. The molecule has 0 aliphatic carbocycles. The molecule has 0 aromatic rings. The maximum absolute atomic E-state index is 12.8. The normalized spacial score (nSPS) is 36.2. The van der Waals surface area contributed by atoms with Crippen molar-refractivity contribution in [2.45, 2.75) is 70.0 Å². The Kier molecular flexibility index (Phi) is 4.61. The van der Waals surface area contributed by atoms with Gasteiger partial charge in [0, 0.05) is 25.2 Å². The van der Waals surface area contributed by atoms with Crippen LogP contribution < -0.4 is 5.32 Å². The molecule has 3 rings (SSSR count). The van der Waals surface area contributed by atoms with Crippen LogP contribution in [0.1, 0.15) is 51.9 Å². The standard InChI is InChI=1S/C16H29N3O/c1-13-11-18-10-6-4-7-14(18)12-19(13)16(20)15-8-3-2-5-9-17-15/h13-15,17H,2-12H2,1H3. The van der Waals surface area contributed by atoms with Gasteiger partial charge in [-0.2, -0.15) is 0 Å². The molecule has 20 heavy (non-hydrogen) atoms. The number of rotatable bonds is 1. The first-order valence-corrected chi connectivity index (χ1v) is 8.53. The maximum atomic E-state index is 12.8. The van der Waals surface area contributed by atoms with E-state index in [4.69, 9.17) is 0 Å². The fourth-order valence-electron chi connectivity index (χ4n) is 4.10. The molecule has 0 aromatic carbocycles. The highest BCUT2D eigenvalue weighted by Gasteiger charge is 2.37. The van der Waals surface area contributed by atoms with Crippen LogP contribution in [0, 0.1) is 0 Å². The SMILES string of the molecule is CC1CN2CCCCC2CN1C(=O)C1CCCCCN1. The predicted octanol–water partition coefficient (Wildman–Crippen LogP) is 1.60. The summed E-state index contributed by atoms with van der Waals surface area (Å²) in [6, 6.07) is 1.08. The summed E-state index contributed by atoms with van der Waals surface area (Å²) in [5.74, 6) is 0.365. The van der Waals surface area contributed by atoms with Crippen LogP contribution in [0.3, 0.4) is 0 Å². The Labute approximate surface area is 122 Å². The molecule has 3 fully saturated rings. The Balaban J connectivity index is 1.64. The van der Waals surface area contributed by atoms with E-state index in [0.717, 1.165) is 26.1 Å². The zero-order valence-electron chi connectivity index (χ0n) is 12.8. The summed E-state index contributed by atoms with van der Waals surface area (Å²) >= 11 is 0. The Morgan fingerprint density at radius 3 is 2.80 bits per heavy atom. The van der Waals surface area contributed by atoms with Crippen LogP contribution in [0.5, 0.6) is 0 Å². The lowest BCUT2D eigenvalue weighted by molar-refractivity contribution is -0.140. The summed E-state index contributed by atoms with van der Waals surface area (Å²) in [7, 11) is 0. The van der Waals surface area contributed by atoms with E-state index in [9.17, 15) is 4.79 Å². The number of piperidine rings is 1. The predicted molar refractivity (Wildman–Crippen MR) is 80.6 cm³/mol. The van der Waals surface area contributed by atoms with Crippen molar-refractivity contribution in [3.8, 4) is 0 Å². The van der Waals surface area contributed by atoms with Gasteiger partial charge >= 0.3 is 0 Å². The molecular formula is C16H29N3O. The number of carbonyl (C=O) groups is 1. The van der Waals surface area contributed by atoms with E-state index in [2.05, 4.69) is 22.0 Å². The highest BCUT2D eigenvalue weighted by atomic mass is 16.2. The maximum Gasteiger partial charge on any atom is 0.240 e. The fraction of sp³-hybridized carbons (Fsp3) is 0.938. The third kappa shape index (κ3) is 3.01. The largest absolute Gasteiger partial charge is 0.336 e. The molecule has 4 nitrogen and oxygen atoms in total. The van der Waals surface area contributed by atoms with Crippen LogP contribution in [-0.2, 0) is 4.79 Å². The van der Waals surface area contributed by atoms with Gasteiger partial charge in [0.2, 0.25) is 5.91 Å². The lowest BCUT2D eigenvalue weighted by atomic mass is 9.96. The first-order valence-electron chi connectivity index (χ1n) is 8.53. The highest BCUT2D eigenvalue weighted by Crippen LogP contribution is 2.25. The van der Waals surface area contributed by atoms with Gasteiger partial charge in [0.1, 0.15) is 0 Å². The van der Waals surface area contributed by atoms with E-state index in [-0.39, 0.29) is 6.04 Å². The lowest BCUT2D eigenvalue weighted by Crippen LogP contribution is -2.62. The van der Waals surface area contributed by atoms with E-state index in [0.29, 0.717) is 18.0 Å².